The topological polar surface area (TPSA) is 91.4 Å². The Labute approximate surface area is 220 Å². The van der Waals surface area contributed by atoms with Gasteiger partial charge < -0.3 is 24.6 Å². The first-order valence-corrected chi connectivity index (χ1v) is 13.5. The number of methoxy groups -OCH3 is 1. The van der Waals surface area contributed by atoms with Crippen molar-refractivity contribution < 1.29 is 23.9 Å². The zero-order valence-electron chi connectivity index (χ0n) is 22.9. The molecular weight excluding hydrogens is 472 g/mol. The van der Waals surface area contributed by atoms with Crippen LogP contribution >= 0.6 is 0 Å². The monoisotopic (exact) mass is 514 g/mol. The molecule has 0 aromatic heterocycles. The number of amides is 2. The summed E-state index contributed by atoms with van der Waals surface area (Å²) in [6.45, 7) is 13.7. The van der Waals surface area contributed by atoms with Crippen molar-refractivity contribution >= 4 is 23.3 Å². The Kier molecular flexibility index (Phi) is 8.56. The van der Waals surface area contributed by atoms with Crippen LogP contribution < -0.4 is 10.2 Å². The lowest BCUT2D eigenvalue weighted by Crippen LogP contribution is -2.53. The van der Waals surface area contributed by atoms with Gasteiger partial charge in [0.05, 0.1) is 6.54 Å². The molecule has 0 aliphatic carbocycles. The first kappa shape index (κ1) is 27.5. The van der Waals surface area contributed by atoms with E-state index in [4.69, 9.17) is 9.47 Å². The molecular formula is C28H42N4O5. The van der Waals surface area contributed by atoms with Gasteiger partial charge in [-0.15, -0.1) is 0 Å². The molecule has 9 nitrogen and oxygen atoms in total. The summed E-state index contributed by atoms with van der Waals surface area (Å²) in [5, 5.41) is 2.97. The molecule has 3 aliphatic rings. The molecule has 4 rings (SSSR count). The van der Waals surface area contributed by atoms with E-state index in [0.29, 0.717) is 12.0 Å². The van der Waals surface area contributed by atoms with Crippen LogP contribution in [0.4, 0.5) is 5.69 Å². The van der Waals surface area contributed by atoms with Gasteiger partial charge in [-0.05, 0) is 49.1 Å². The van der Waals surface area contributed by atoms with Gasteiger partial charge in [0.1, 0.15) is 30.9 Å². The third-order valence-electron chi connectivity index (χ3n) is 7.55. The van der Waals surface area contributed by atoms with Crippen molar-refractivity contribution in [3.63, 3.8) is 0 Å². The molecule has 4 atom stereocenters. The molecule has 0 saturated carbocycles. The minimum Gasteiger partial charge on any atom is -0.377 e. The van der Waals surface area contributed by atoms with E-state index in [1.807, 2.05) is 45.0 Å². The number of ether oxygens (including phenoxy) is 2. The highest BCUT2D eigenvalue weighted by atomic mass is 16.5. The molecule has 37 heavy (non-hydrogen) atoms. The number of nitrogens with zero attached hydrogens (tertiary/aromatic N) is 3. The minimum atomic E-state index is -0.761. The fourth-order valence-electron chi connectivity index (χ4n) is 5.67. The SMILES string of the molecule is CCCN1CCN(c2ccc(C(=O)NC(CC(C)(C)C)C(=O)N3C[C@H](OC)[C@H]4OCC(=O)[C@H]43)cc2)CC1. The summed E-state index contributed by atoms with van der Waals surface area (Å²) in [6, 6.07) is 6.19. The largest absolute Gasteiger partial charge is 0.377 e. The maximum absolute atomic E-state index is 13.7. The van der Waals surface area contributed by atoms with E-state index < -0.39 is 18.2 Å². The quantitative estimate of drug-likeness (QED) is 0.567. The van der Waals surface area contributed by atoms with Crippen LogP contribution in [0.25, 0.3) is 0 Å². The van der Waals surface area contributed by atoms with Crippen molar-refractivity contribution in [3.05, 3.63) is 29.8 Å². The molecule has 1 N–H and O–H groups in total. The first-order chi connectivity index (χ1) is 17.6. The Morgan fingerprint density at radius 2 is 1.81 bits per heavy atom. The highest BCUT2D eigenvalue weighted by Gasteiger charge is 2.53. The van der Waals surface area contributed by atoms with Gasteiger partial charge in [-0.25, -0.2) is 0 Å². The van der Waals surface area contributed by atoms with Crippen LogP contribution in [0.1, 0.15) is 50.9 Å². The number of piperazine rings is 1. The van der Waals surface area contributed by atoms with Crippen LogP contribution in [0, 0.1) is 5.41 Å². The summed E-state index contributed by atoms with van der Waals surface area (Å²) in [4.78, 5) is 45.9. The van der Waals surface area contributed by atoms with Gasteiger partial charge in [0, 0.05) is 44.5 Å². The first-order valence-electron chi connectivity index (χ1n) is 13.5. The van der Waals surface area contributed by atoms with Crippen LogP contribution in [0.5, 0.6) is 0 Å². The molecule has 2 amide bonds. The predicted octanol–water partition coefficient (Wildman–Crippen LogP) is 1.95. The minimum absolute atomic E-state index is 0.0186. The molecule has 3 heterocycles. The van der Waals surface area contributed by atoms with Crippen molar-refractivity contribution in [2.75, 3.05) is 57.9 Å². The molecule has 9 heteroatoms. The number of nitrogens with one attached hydrogen (secondary N) is 1. The second kappa shape index (κ2) is 11.5. The molecule has 3 saturated heterocycles. The fraction of sp³-hybridized carbons (Fsp3) is 0.679. The number of anilines is 1. The summed E-state index contributed by atoms with van der Waals surface area (Å²) in [5.74, 6) is -0.682. The zero-order valence-corrected chi connectivity index (χ0v) is 22.9. The molecule has 3 fully saturated rings. The standard InChI is InChI=1S/C28H42N4O5/c1-6-11-30-12-14-31(15-13-30)20-9-7-19(8-10-20)26(34)29-21(16-28(2,3)4)27(35)32-17-23(36-5)25-24(32)22(33)18-37-25/h7-10,21,23-25H,6,11-18H2,1-5H3,(H,29,34)/t21?,23-,24+,25+/m0/s1. The number of fused-ring (bicyclic) bond motifs is 1. The Hall–Kier alpha value is -2.49. The molecule has 3 aliphatic heterocycles. The van der Waals surface area contributed by atoms with Crippen molar-refractivity contribution in [3.8, 4) is 0 Å². The molecule has 1 aromatic rings. The Bertz CT molecular complexity index is 968. The zero-order chi connectivity index (χ0) is 26.7. The molecule has 1 aromatic carbocycles. The van der Waals surface area contributed by atoms with Gasteiger partial charge in [0.2, 0.25) is 5.91 Å². The maximum Gasteiger partial charge on any atom is 0.251 e. The number of carbonyl (C=O) groups is 3. The highest BCUT2D eigenvalue weighted by Crippen LogP contribution is 2.31. The van der Waals surface area contributed by atoms with Gasteiger partial charge in [-0.1, -0.05) is 27.7 Å². The number of hydrogen-bond donors (Lipinski definition) is 1. The van der Waals surface area contributed by atoms with Crippen LogP contribution in [-0.2, 0) is 19.1 Å². The normalized spacial score (nSPS) is 25.3. The van der Waals surface area contributed by atoms with Crippen LogP contribution in [0.3, 0.4) is 0 Å². The van der Waals surface area contributed by atoms with Crippen molar-refractivity contribution in [2.24, 2.45) is 5.41 Å². The number of likely N-dealkylation sites (tertiary alicyclic amines) is 1. The van der Waals surface area contributed by atoms with Crippen LogP contribution in [-0.4, -0.2) is 105 Å². The summed E-state index contributed by atoms with van der Waals surface area (Å²) in [7, 11) is 1.56. The highest BCUT2D eigenvalue weighted by molar-refractivity contribution is 5.99. The predicted molar refractivity (Wildman–Crippen MR) is 142 cm³/mol. The van der Waals surface area contributed by atoms with Gasteiger partial charge in [0.25, 0.3) is 5.91 Å². The van der Waals surface area contributed by atoms with Gasteiger partial charge in [-0.2, -0.15) is 0 Å². The van der Waals surface area contributed by atoms with Crippen LogP contribution in [0.15, 0.2) is 24.3 Å². The number of hydrogen-bond acceptors (Lipinski definition) is 7. The number of Topliss-reactive ketones (excluding diaryl/α,β-unsaturated/α-hetero) is 1. The summed E-state index contributed by atoms with van der Waals surface area (Å²) in [5.41, 5.74) is 1.39. The Morgan fingerprint density at radius 3 is 2.41 bits per heavy atom. The Morgan fingerprint density at radius 1 is 1.14 bits per heavy atom. The van der Waals surface area contributed by atoms with E-state index in [9.17, 15) is 14.4 Å². The summed E-state index contributed by atoms with van der Waals surface area (Å²) in [6.07, 6.45) is 0.795. The van der Waals surface area contributed by atoms with E-state index in [-0.39, 0.29) is 42.3 Å². The van der Waals surface area contributed by atoms with Gasteiger partial charge in [0.15, 0.2) is 5.78 Å². The summed E-state index contributed by atoms with van der Waals surface area (Å²) < 4.78 is 11.1. The van der Waals surface area contributed by atoms with E-state index in [1.54, 1.807) is 12.0 Å². The second-order valence-corrected chi connectivity index (χ2v) is 11.6. The van der Waals surface area contributed by atoms with Crippen LogP contribution in [0.2, 0.25) is 0 Å². The van der Waals surface area contributed by atoms with Crippen molar-refractivity contribution in [1.29, 1.82) is 0 Å². The van der Waals surface area contributed by atoms with E-state index in [1.165, 1.54) is 6.42 Å². The number of rotatable bonds is 8. The van der Waals surface area contributed by atoms with Crippen molar-refractivity contribution in [2.45, 2.75) is 64.8 Å². The van der Waals surface area contributed by atoms with E-state index >= 15 is 0 Å². The lowest BCUT2D eigenvalue weighted by atomic mass is 9.87. The average Bonchev–Trinajstić information content (AvgIpc) is 3.43. The maximum atomic E-state index is 13.7. The summed E-state index contributed by atoms with van der Waals surface area (Å²) >= 11 is 0. The molecule has 1 unspecified atom stereocenters. The lowest BCUT2D eigenvalue weighted by molar-refractivity contribution is -0.138. The third-order valence-corrected chi connectivity index (χ3v) is 7.55. The Balaban J connectivity index is 1.44. The third kappa shape index (κ3) is 6.33. The second-order valence-electron chi connectivity index (χ2n) is 11.6. The smallest absolute Gasteiger partial charge is 0.251 e. The lowest BCUT2D eigenvalue weighted by Gasteiger charge is -2.36. The molecule has 0 spiro atoms. The number of carbonyl (C=O) groups excluding carboxylic acids is 3. The fourth-order valence-corrected chi connectivity index (χ4v) is 5.67. The van der Waals surface area contributed by atoms with E-state index in [0.717, 1.165) is 38.4 Å². The number of benzene rings is 1. The molecule has 0 bridgehead atoms. The number of ketones is 1. The molecule has 204 valence electrons. The average molecular weight is 515 g/mol. The van der Waals surface area contributed by atoms with Gasteiger partial charge >= 0.3 is 0 Å². The van der Waals surface area contributed by atoms with Crippen molar-refractivity contribution in [1.82, 2.24) is 15.1 Å². The van der Waals surface area contributed by atoms with Gasteiger partial charge in [-0.3, -0.25) is 19.3 Å². The van der Waals surface area contributed by atoms with E-state index in [2.05, 4.69) is 22.0 Å². The molecule has 0 radical (unpaired) electrons.